The van der Waals surface area contributed by atoms with Gasteiger partial charge in [0.25, 0.3) is 0 Å². The summed E-state index contributed by atoms with van der Waals surface area (Å²) < 4.78 is 26.8. The molecule has 0 saturated carbocycles. The predicted octanol–water partition coefficient (Wildman–Crippen LogP) is 0.168. The summed E-state index contributed by atoms with van der Waals surface area (Å²) in [5.41, 5.74) is 0.430. The average Bonchev–Trinajstić information content (AvgIpc) is 2.15. The fraction of sp³-hybridized carbons (Fsp3) is 0.444. The van der Waals surface area contributed by atoms with E-state index < -0.39 is 15.9 Å². The molecule has 1 heterocycles. The Morgan fingerprint density at radius 1 is 1.53 bits per heavy atom. The second-order valence-electron chi connectivity index (χ2n) is 3.27. The number of aromatic nitrogens is 1. The van der Waals surface area contributed by atoms with Crippen LogP contribution in [0, 0.1) is 0 Å². The third-order valence-corrected chi connectivity index (χ3v) is 2.74. The zero-order chi connectivity index (χ0) is 11.5. The van der Waals surface area contributed by atoms with Gasteiger partial charge >= 0.3 is 0 Å². The normalized spacial score (nSPS) is 13.5. The van der Waals surface area contributed by atoms with Crippen LogP contribution in [0.1, 0.15) is 11.7 Å². The summed E-state index contributed by atoms with van der Waals surface area (Å²) in [6.07, 6.45) is 2.90. The average molecular weight is 231 g/mol. The molecule has 1 unspecified atom stereocenters. The van der Waals surface area contributed by atoms with Crippen LogP contribution >= 0.6 is 0 Å². The summed E-state index contributed by atoms with van der Waals surface area (Å²) in [5, 5.41) is 9.60. The number of sulfone groups is 1. The maximum absolute atomic E-state index is 11.0. The van der Waals surface area contributed by atoms with Crippen molar-refractivity contribution in [1.29, 1.82) is 0 Å². The van der Waals surface area contributed by atoms with Crippen LogP contribution in [0.15, 0.2) is 18.5 Å². The van der Waals surface area contributed by atoms with E-state index in [9.17, 15) is 13.5 Å². The molecule has 0 bridgehead atoms. The van der Waals surface area contributed by atoms with Gasteiger partial charge in [-0.15, -0.1) is 0 Å². The molecule has 6 heteroatoms. The summed E-state index contributed by atoms with van der Waals surface area (Å²) in [4.78, 5) is 3.83. The van der Waals surface area contributed by atoms with Gasteiger partial charge in [0.2, 0.25) is 0 Å². The van der Waals surface area contributed by atoms with Gasteiger partial charge in [-0.05, 0) is 6.07 Å². The van der Waals surface area contributed by atoms with Gasteiger partial charge in [-0.1, -0.05) is 0 Å². The first-order valence-corrected chi connectivity index (χ1v) is 6.33. The lowest BCUT2D eigenvalue weighted by molar-refractivity contribution is 0.201. The highest BCUT2D eigenvalue weighted by Gasteiger charge is 2.15. The summed E-state index contributed by atoms with van der Waals surface area (Å²) in [6, 6.07) is 1.56. The summed E-state index contributed by atoms with van der Waals surface area (Å²) >= 11 is 0. The van der Waals surface area contributed by atoms with E-state index in [0.29, 0.717) is 11.3 Å². The van der Waals surface area contributed by atoms with Crippen LogP contribution in [0.2, 0.25) is 0 Å². The van der Waals surface area contributed by atoms with Crippen molar-refractivity contribution in [3.8, 4) is 5.75 Å². The molecule has 1 aromatic rings. The van der Waals surface area contributed by atoms with Crippen molar-refractivity contribution >= 4 is 9.84 Å². The van der Waals surface area contributed by atoms with Crippen molar-refractivity contribution in [2.45, 2.75) is 6.10 Å². The van der Waals surface area contributed by atoms with Gasteiger partial charge in [0.15, 0.2) is 0 Å². The standard InChI is InChI=1S/C9H13NO4S/c1-14-8-3-7(4-10-5-8)9(11)6-15(2,12)13/h3-5,9,11H,6H2,1-2H3. The van der Waals surface area contributed by atoms with Gasteiger partial charge in [0.05, 0.1) is 25.2 Å². The van der Waals surface area contributed by atoms with Crippen LogP contribution < -0.4 is 4.74 Å². The summed E-state index contributed by atoms with van der Waals surface area (Å²) in [6.45, 7) is 0. The molecule has 1 rings (SSSR count). The van der Waals surface area contributed by atoms with Gasteiger partial charge in [0, 0.05) is 18.0 Å². The lowest BCUT2D eigenvalue weighted by atomic mass is 10.2. The molecule has 1 atom stereocenters. The molecule has 0 radical (unpaired) electrons. The molecule has 5 nitrogen and oxygen atoms in total. The number of aliphatic hydroxyl groups is 1. The van der Waals surface area contributed by atoms with E-state index in [2.05, 4.69) is 4.98 Å². The smallest absolute Gasteiger partial charge is 0.150 e. The second-order valence-corrected chi connectivity index (χ2v) is 5.45. The number of hydrogen-bond donors (Lipinski definition) is 1. The molecule has 0 aliphatic rings. The maximum Gasteiger partial charge on any atom is 0.150 e. The molecule has 0 amide bonds. The van der Waals surface area contributed by atoms with Crippen molar-refractivity contribution in [3.63, 3.8) is 0 Å². The first-order valence-electron chi connectivity index (χ1n) is 4.27. The number of nitrogens with zero attached hydrogens (tertiary/aromatic N) is 1. The minimum absolute atomic E-state index is 0.318. The van der Waals surface area contributed by atoms with Crippen molar-refractivity contribution in [1.82, 2.24) is 4.98 Å². The van der Waals surface area contributed by atoms with Gasteiger partial charge in [-0.25, -0.2) is 8.42 Å². The van der Waals surface area contributed by atoms with Gasteiger partial charge in [0.1, 0.15) is 15.6 Å². The number of pyridine rings is 1. The van der Waals surface area contributed by atoms with Crippen molar-refractivity contribution < 1.29 is 18.3 Å². The zero-order valence-corrected chi connectivity index (χ0v) is 9.36. The van der Waals surface area contributed by atoms with Crippen molar-refractivity contribution in [2.75, 3.05) is 19.1 Å². The quantitative estimate of drug-likeness (QED) is 0.799. The molecular weight excluding hydrogens is 218 g/mol. The van der Waals surface area contributed by atoms with E-state index in [1.807, 2.05) is 0 Å². The lowest BCUT2D eigenvalue weighted by Gasteiger charge is -2.09. The number of hydrogen-bond acceptors (Lipinski definition) is 5. The van der Waals surface area contributed by atoms with E-state index in [4.69, 9.17) is 4.74 Å². The second kappa shape index (κ2) is 4.59. The van der Waals surface area contributed by atoms with Crippen molar-refractivity contribution in [3.05, 3.63) is 24.0 Å². The van der Waals surface area contributed by atoms with Crippen LogP contribution in [-0.4, -0.2) is 37.6 Å². The van der Waals surface area contributed by atoms with Gasteiger partial charge < -0.3 is 9.84 Å². The Bertz CT molecular complexity index is 429. The molecule has 0 aromatic carbocycles. The monoisotopic (exact) mass is 231 g/mol. The topological polar surface area (TPSA) is 76.5 Å². The molecule has 0 fully saturated rings. The summed E-state index contributed by atoms with van der Waals surface area (Å²) in [7, 11) is -1.73. The summed E-state index contributed by atoms with van der Waals surface area (Å²) in [5.74, 6) is 0.169. The first kappa shape index (κ1) is 11.9. The van der Waals surface area contributed by atoms with E-state index in [0.717, 1.165) is 6.26 Å². The molecule has 1 N–H and O–H groups in total. The Labute approximate surface area is 88.6 Å². The van der Waals surface area contributed by atoms with E-state index in [-0.39, 0.29) is 5.75 Å². The minimum atomic E-state index is -3.21. The molecule has 1 aromatic heterocycles. The highest BCUT2D eigenvalue weighted by Crippen LogP contribution is 2.18. The third-order valence-electron chi connectivity index (χ3n) is 1.82. The molecule has 15 heavy (non-hydrogen) atoms. The molecule has 0 saturated heterocycles. The Balaban J connectivity index is 2.86. The van der Waals surface area contributed by atoms with E-state index in [1.165, 1.54) is 19.5 Å². The molecule has 0 spiro atoms. The fourth-order valence-corrected chi connectivity index (χ4v) is 1.88. The van der Waals surface area contributed by atoms with Crippen LogP contribution in [0.5, 0.6) is 5.75 Å². The van der Waals surface area contributed by atoms with E-state index >= 15 is 0 Å². The fourth-order valence-electron chi connectivity index (χ4n) is 1.11. The number of rotatable bonds is 4. The van der Waals surface area contributed by atoms with Crippen molar-refractivity contribution in [2.24, 2.45) is 0 Å². The Morgan fingerprint density at radius 3 is 2.73 bits per heavy atom. The highest BCUT2D eigenvalue weighted by atomic mass is 32.2. The molecular formula is C9H13NO4S. The highest BCUT2D eigenvalue weighted by molar-refractivity contribution is 7.90. The molecule has 0 aliphatic carbocycles. The minimum Gasteiger partial charge on any atom is -0.495 e. The van der Waals surface area contributed by atoms with Crippen LogP contribution in [0.25, 0.3) is 0 Å². The van der Waals surface area contributed by atoms with Crippen LogP contribution in [-0.2, 0) is 9.84 Å². The number of aliphatic hydroxyl groups excluding tert-OH is 1. The third kappa shape index (κ3) is 3.85. The van der Waals surface area contributed by atoms with Crippen LogP contribution in [0.4, 0.5) is 0 Å². The Kier molecular flexibility index (Phi) is 3.65. The maximum atomic E-state index is 11.0. The van der Waals surface area contributed by atoms with E-state index in [1.54, 1.807) is 6.07 Å². The van der Waals surface area contributed by atoms with Gasteiger partial charge in [-0.3, -0.25) is 4.98 Å². The number of methoxy groups -OCH3 is 1. The SMILES string of the molecule is COc1cncc(C(O)CS(C)(=O)=O)c1. The predicted molar refractivity (Wildman–Crippen MR) is 55.5 cm³/mol. The van der Waals surface area contributed by atoms with Crippen LogP contribution in [0.3, 0.4) is 0 Å². The Hall–Kier alpha value is -1.14. The molecule has 0 aliphatic heterocycles. The lowest BCUT2D eigenvalue weighted by Crippen LogP contribution is -2.13. The zero-order valence-electron chi connectivity index (χ0n) is 8.54. The van der Waals surface area contributed by atoms with Gasteiger partial charge in [-0.2, -0.15) is 0 Å². The Morgan fingerprint density at radius 2 is 2.20 bits per heavy atom. The molecule has 84 valence electrons. The largest absolute Gasteiger partial charge is 0.495 e. The number of ether oxygens (including phenoxy) is 1. The first-order chi connectivity index (χ1) is 6.92.